The Balaban J connectivity index is 2.07. The third kappa shape index (κ3) is 6.35. The molecule has 0 saturated carbocycles. The van der Waals surface area contributed by atoms with Gasteiger partial charge < -0.3 is 14.8 Å². The number of anilines is 1. The van der Waals surface area contributed by atoms with Crippen molar-refractivity contribution in [2.24, 2.45) is 0 Å². The van der Waals surface area contributed by atoms with Gasteiger partial charge in [-0.1, -0.05) is 6.92 Å². The first-order valence-electron chi connectivity index (χ1n) is 9.66. The Morgan fingerprint density at radius 3 is 2.43 bits per heavy atom. The summed E-state index contributed by atoms with van der Waals surface area (Å²) in [6, 6.07) is 5.93. The smallest absolute Gasteiger partial charge is 0.243 e. The number of carbonyl (C=O) groups excluding carboxylic acids is 1. The van der Waals surface area contributed by atoms with E-state index in [0.29, 0.717) is 50.8 Å². The van der Waals surface area contributed by atoms with Gasteiger partial charge in [0.05, 0.1) is 31.8 Å². The predicted octanol–water partition coefficient (Wildman–Crippen LogP) is 1.08. The van der Waals surface area contributed by atoms with Crippen molar-refractivity contribution in [1.29, 1.82) is 0 Å². The second-order valence-electron chi connectivity index (χ2n) is 6.65. The standard InChI is InChI=1S/C19H31N3O5S/c1-4-18(19(23)20-10-11-21-12-14-26-15-13-21)22(28(3,24)25)16-6-8-17(9-7-16)27-5-2/h6-9,18H,4-5,10-15H2,1-3H3,(H,20,23)/t18-/m0/s1. The van der Waals surface area contributed by atoms with E-state index in [1.807, 2.05) is 6.92 Å². The number of carbonyl (C=O) groups is 1. The van der Waals surface area contributed by atoms with Crippen LogP contribution in [0.3, 0.4) is 0 Å². The van der Waals surface area contributed by atoms with Crippen LogP contribution in [0.5, 0.6) is 5.75 Å². The van der Waals surface area contributed by atoms with E-state index in [0.717, 1.165) is 19.3 Å². The Labute approximate surface area is 167 Å². The molecule has 9 heteroatoms. The molecule has 2 rings (SSSR count). The van der Waals surface area contributed by atoms with E-state index in [-0.39, 0.29) is 5.91 Å². The van der Waals surface area contributed by atoms with E-state index in [9.17, 15) is 13.2 Å². The van der Waals surface area contributed by atoms with Crippen LogP contribution in [-0.2, 0) is 19.6 Å². The van der Waals surface area contributed by atoms with Crippen molar-refractivity contribution in [3.8, 4) is 5.75 Å². The number of rotatable bonds is 10. The predicted molar refractivity (Wildman–Crippen MR) is 109 cm³/mol. The van der Waals surface area contributed by atoms with E-state index in [1.54, 1.807) is 31.2 Å². The van der Waals surface area contributed by atoms with Gasteiger partial charge in [0, 0.05) is 26.2 Å². The number of nitrogens with one attached hydrogen (secondary N) is 1. The SMILES string of the molecule is CCOc1ccc(N([C@@H](CC)C(=O)NCCN2CCOCC2)S(C)(=O)=O)cc1. The van der Waals surface area contributed by atoms with Crippen molar-refractivity contribution in [3.63, 3.8) is 0 Å². The molecule has 0 aromatic heterocycles. The summed E-state index contributed by atoms with van der Waals surface area (Å²) in [6.07, 6.45) is 1.48. The number of nitrogens with zero attached hydrogens (tertiary/aromatic N) is 2. The molecule has 8 nitrogen and oxygen atoms in total. The summed E-state index contributed by atoms with van der Waals surface area (Å²) in [4.78, 5) is 15.0. The van der Waals surface area contributed by atoms with Crippen molar-refractivity contribution >= 4 is 21.6 Å². The second-order valence-corrected chi connectivity index (χ2v) is 8.51. The molecule has 1 aromatic carbocycles. The molecule has 1 aliphatic heterocycles. The Kier molecular flexibility index (Phi) is 8.53. The molecule has 28 heavy (non-hydrogen) atoms. The van der Waals surface area contributed by atoms with Crippen molar-refractivity contribution in [1.82, 2.24) is 10.2 Å². The third-order valence-electron chi connectivity index (χ3n) is 4.56. The van der Waals surface area contributed by atoms with Gasteiger partial charge in [0.1, 0.15) is 11.8 Å². The Morgan fingerprint density at radius 2 is 1.89 bits per heavy atom. The van der Waals surface area contributed by atoms with Gasteiger partial charge >= 0.3 is 0 Å². The molecule has 158 valence electrons. The molecule has 0 bridgehead atoms. The van der Waals surface area contributed by atoms with Crippen LogP contribution in [0.4, 0.5) is 5.69 Å². The molecule has 1 fully saturated rings. The largest absolute Gasteiger partial charge is 0.494 e. The normalized spacial score (nSPS) is 16.4. The summed E-state index contributed by atoms with van der Waals surface area (Å²) < 4.78 is 36.8. The molecule has 1 atom stereocenters. The third-order valence-corrected chi connectivity index (χ3v) is 5.74. The van der Waals surface area contributed by atoms with Crippen molar-refractivity contribution in [3.05, 3.63) is 24.3 Å². The maximum Gasteiger partial charge on any atom is 0.243 e. The van der Waals surface area contributed by atoms with Crippen molar-refractivity contribution < 1.29 is 22.7 Å². The number of sulfonamides is 1. The highest BCUT2D eigenvalue weighted by Gasteiger charge is 2.31. The summed E-state index contributed by atoms with van der Waals surface area (Å²) in [5, 5.41) is 2.88. The first kappa shape index (κ1) is 22.4. The van der Waals surface area contributed by atoms with Gasteiger partial charge in [-0.05, 0) is 37.6 Å². The molecular formula is C19H31N3O5S. The number of amides is 1. The van der Waals surface area contributed by atoms with E-state index >= 15 is 0 Å². The lowest BCUT2D eigenvalue weighted by molar-refractivity contribution is -0.122. The van der Waals surface area contributed by atoms with E-state index < -0.39 is 16.1 Å². The molecule has 1 N–H and O–H groups in total. The number of ether oxygens (including phenoxy) is 2. The molecule has 0 spiro atoms. The lowest BCUT2D eigenvalue weighted by Crippen LogP contribution is -2.50. The molecule has 1 aromatic rings. The second kappa shape index (κ2) is 10.6. The number of hydrogen-bond donors (Lipinski definition) is 1. The van der Waals surface area contributed by atoms with Crippen LogP contribution < -0.4 is 14.4 Å². The fourth-order valence-electron chi connectivity index (χ4n) is 3.20. The first-order valence-corrected chi connectivity index (χ1v) is 11.5. The van der Waals surface area contributed by atoms with Crippen LogP contribution >= 0.6 is 0 Å². The summed E-state index contributed by atoms with van der Waals surface area (Å²) in [5.74, 6) is 0.359. The zero-order valence-corrected chi connectivity index (χ0v) is 17.7. The minimum atomic E-state index is -3.64. The fourth-order valence-corrected chi connectivity index (χ4v) is 4.41. The number of morpholine rings is 1. The number of benzene rings is 1. The maximum atomic E-state index is 12.8. The number of hydrogen-bond acceptors (Lipinski definition) is 6. The molecule has 0 aliphatic carbocycles. The molecular weight excluding hydrogens is 382 g/mol. The fraction of sp³-hybridized carbons (Fsp3) is 0.632. The topological polar surface area (TPSA) is 88.2 Å². The lowest BCUT2D eigenvalue weighted by Gasteiger charge is -2.31. The van der Waals surface area contributed by atoms with E-state index in [4.69, 9.17) is 9.47 Å². The zero-order chi connectivity index (χ0) is 20.6. The Hall–Kier alpha value is -1.84. The van der Waals surface area contributed by atoms with Crippen LogP contribution in [0, 0.1) is 0 Å². The summed E-state index contributed by atoms with van der Waals surface area (Å²) in [7, 11) is -3.64. The first-order chi connectivity index (χ1) is 13.4. The molecule has 0 unspecified atom stereocenters. The summed E-state index contributed by atoms with van der Waals surface area (Å²) in [5.41, 5.74) is 0.445. The van der Waals surface area contributed by atoms with E-state index in [1.165, 1.54) is 4.31 Å². The molecule has 1 amide bonds. The highest BCUT2D eigenvalue weighted by atomic mass is 32.2. The van der Waals surface area contributed by atoms with Crippen LogP contribution in [0.15, 0.2) is 24.3 Å². The van der Waals surface area contributed by atoms with Gasteiger partial charge in [0.2, 0.25) is 15.9 Å². The van der Waals surface area contributed by atoms with Gasteiger partial charge in [0.15, 0.2) is 0 Å². The quantitative estimate of drug-likeness (QED) is 0.618. The zero-order valence-electron chi connectivity index (χ0n) is 16.9. The van der Waals surface area contributed by atoms with Gasteiger partial charge in [-0.2, -0.15) is 0 Å². The lowest BCUT2D eigenvalue weighted by atomic mass is 10.2. The molecule has 1 aliphatic rings. The van der Waals surface area contributed by atoms with Crippen molar-refractivity contribution in [2.45, 2.75) is 26.3 Å². The van der Waals surface area contributed by atoms with Crippen LogP contribution in [0.1, 0.15) is 20.3 Å². The molecule has 1 heterocycles. The summed E-state index contributed by atoms with van der Waals surface area (Å²) in [6.45, 7) is 8.48. The minimum Gasteiger partial charge on any atom is -0.494 e. The minimum absolute atomic E-state index is 0.296. The van der Waals surface area contributed by atoms with Gasteiger partial charge in [0.25, 0.3) is 0 Å². The summed E-state index contributed by atoms with van der Waals surface area (Å²) >= 11 is 0. The van der Waals surface area contributed by atoms with Crippen molar-refractivity contribution in [2.75, 3.05) is 56.6 Å². The van der Waals surface area contributed by atoms with Crippen LogP contribution in [0.25, 0.3) is 0 Å². The molecule has 0 radical (unpaired) electrons. The highest BCUT2D eigenvalue weighted by molar-refractivity contribution is 7.92. The Bertz CT molecular complexity index is 718. The van der Waals surface area contributed by atoms with Crippen LogP contribution in [0.2, 0.25) is 0 Å². The van der Waals surface area contributed by atoms with Crippen LogP contribution in [-0.4, -0.2) is 77.5 Å². The average molecular weight is 414 g/mol. The van der Waals surface area contributed by atoms with Gasteiger partial charge in [-0.15, -0.1) is 0 Å². The Morgan fingerprint density at radius 1 is 1.25 bits per heavy atom. The van der Waals surface area contributed by atoms with Gasteiger partial charge in [-0.3, -0.25) is 14.0 Å². The highest BCUT2D eigenvalue weighted by Crippen LogP contribution is 2.25. The van der Waals surface area contributed by atoms with E-state index in [2.05, 4.69) is 10.2 Å². The molecule has 1 saturated heterocycles. The monoisotopic (exact) mass is 413 g/mol. The maximum absolute atomic E-state index is 12.8. The van der Waals surface area contributed by atoms with Gasteiger partial charge in [-0.25, -0.2) is 8.42 Å². The average Bonchev–Trinajstić information content (AvgIpc) is 2.67.